The molecule has 0 aromatic rings. The van der Waals surface area contributed by atoms with Gasteiger partial charge in [-0.05, 0) is 19.3 Å². The van der Waals surface area contributed by atoms with E-state index in [1.165, 1.54) is 244 Å². The zero-order chi connectivity index (χ0) is 47.2. The van der Waals surface area contributed by atoms with E-state index in [0.29, 0.717) is 19.3 Å². The van der Waals surface area contributed by atoms with Gasteiger partial charge in [-0.25, -0.2) is 0 Å². The fourth-order valence-corrected chi connectivity index (χ4v) is 9.15. The summed E-state index contributed by atoms with van der Waals surface area (Å²) in [6.07, 6.45) is 60.9. The SMILES string of the molecule is CCCCCCCCCCCCCCCCCCCC(=O)O[C@@H](COC(=O)CCCCCCCCCCCCCCCC)COC(=O)CCCCCCCCCCCCCCCCCC. The summed E-state index contributed by atoms with van der Waals surface area (Å²) in [5, 5.41) is 0. The molecule has 0 amide bonds. The highest BCUT2D eigenvalue weighted by molar-refractivity contribution is 5.71. The van der Waals surface area contributed by atoms with Gasteiger partial charge in [-0.1, -0.05) is 303 Å². The predicted octanol–water partition coefficient (Wildman–Crippen LogP) is 19.5. The predicted molar refractivity (Wildman–Crippen MR) is 280 cm³/mol. The fourth-order valence-electron chi connectivity index (χ4n) is 9.15. The summed E-state index contributed by atoms with van der Waals surface area (Å²) >= 11 is 0. The first kappa shape index (κ1) is 63.4. The van der Waals surface area contributed by atoms with Crippen LogP contribution in [-0.2, 0) is 28.6 Å². The van der Waals surface area contributed by atoms with Crippen molar-refractivity contribution < 1.29 is 28.6 Å². The molecule has 0 aromatic carbocycles. The molecule has 65 heavy (non-hydrogen) atoms. The van der Waals surface area contributed by atoms with Crippen LogP contribution < -0.4 is 0 Å². The molecule has 0 rings (SSSR count). The van der Waals surface area contributed by atoms with Gasteiger partial charge in [0.15, 0.2) is 6.10 Å². The number of carbonyl (C=O) groups excluding carboxylic acids is 3. The van der Waals surface area contributed by atoms with Gasteiger partial charge in [-0.3, -0.25) is 14.4 Å². The van der Waals surface area contributed by atoms with Crippen LogP contribution in [0.1, 0.15) is 342 Å². The Bertz CT molecular complexity index is 967. The molecule has 386 valence electrons. The Hall–Kier alpha value is -1.59. The van der Waals surface area contributed by atoms with Crippen LogP contribution in [0.3, 0.4) is 0 Å². The molecule has 1 atom stereocenters. The minimum Gasteiger partial charge on any atom is -0.462 e. The number of esters is 3. The Kier molecular flexibility index (Phi) is 53.7. The number of unbranched alkanes of at least 4 members (excludes halogenated alkanes) is 44. The van der Waals surface area contributed by atoms with E-state index in [0.717, 1.165) is 57.8 Å². The summed E-state index contributed by atoms with van der Waals surface area (Å²) in [6.45, 7) is 6.71. The van der Waals surface area contributed by atoms with Crippen molar-refractivity contribution in [3.8, 4) is 0 Å². The second kappa shape index (κ2) is 55.0. The lowest BCUT2D eigenvalue weighted by Gasteiger charge is -2.18. The molecule has 0 bridgehead atoms. The highest BCUT2D eigenvalue weighted by atomic mass is 16.6. The lowest BCUT2D eigenvalue weighted by Crippen LogP contribution is -2.30. The maximum Gasteiger partial charge on any atom is 0.306 e. The first-order chi connectivity index (χ1) is 32.0. The highest BCUT2D eigenvalue weighted by Gasteiger charge is 2.19. The summed E-state index contributed by atoms with van der Waals surface area (Å²) in [5.74, 6) is -0.830. The summed E-state index contributed by atoms with van der Waals surface area (Å²) < 4.78 is 16.9. The van der Waals surface area contributed by atoms with E-state index in [-0.39, 0.29) is 31.1 Å². The molecule has 6 nitrogen and oxygen atoms in total. The van der Waals surface area contributed by atoms with E-state index in [9.17, 15) is 14.4 Å². The molecule has 0 spiro atoms. The maximum atomic E-state index is 12.9. The van der Waals surface area contributed by atoms with Crippen molar-refractivity contribution in [1.29, 1.82) is 0 Å². The molecule has 0 radical (unpaired) electrons. The average molecular weight is 920 g/mol. The van der Waals surface area contributed by atoms with Gasteiger partial charge in [0.25, 0.3) is 0 Å². The average Bonchev–Trinajstić information content (AvgIpc) is 3.30. The van der Waals surface area contributed by atoms with E-state index < -0.39 is 6.10 Å². The molecule has 0 aliphatic rings. The van der Waals surface area contributed by atoms with E-state index in [1.54, 1.807) is 0 Å². The van der Waals surface area contributed by atoms with Crippen LogP contribution >= 0.6 is 0 Å². The van der Waals surface area contributed by atoms with Crippen molar-refractivity contribution in [3.63, 3.8) is 0 Å². The van der Waals surface area contributed by atoms with Gasteiger partial charge in [0.1, 0.15) is 13.2 Å². The highest BCUT2D eigenvalue weighted by Crippen LogP contribution is 2.18. The van der Waals surface area contributed by atoms with Crippen LogP contribution in [0.25, 0.3) is 0 Å². The van der Waals surface area contributed by atoms with Crippen molar-refractivity contribution in [1.82, 2.24) is 0 Å². The molecule has 0 aliphatic heterocycles. The van der Waals surface area contributed by atoms with Crippen molar-refractivity contribution in [2.24, 2.45) is 0 Å². The monoisotopic (exact) mass is 919 g/mol. The zero-order valence-electron chi connectivity index (χ0n) is 44.3. The Morgan fingerprint density at radius 3 is 0.615 bits per heavy atom. The number of ether oxygens (including phenoxy) is 3. The first-order valence-corrected chi connectivity index (χ1v) is 29.5. The van der Waals surface area contributed by atoms with Crippen molar-refractivity contribution in [2.45, 2.75) is 348 Å². The van der Waals surface area contributed by atoms with E-state index in [1.807, 2.05) is 0 Å². The summed E-state index contributed by atoms with van der Waals surface area (Å²) in [5.41, 5.74) is 0. The van der Waals surface area contributed by atoms with Gasteiger partial charge in [-0.2, -0.15) is 0 Å². The largest absolute Gasteiger partial charge is 0.462 e. The molecule has 6 heteroatoms. The van der Waals surface area contributed by atoms with Gasteiger partial charge in [-0.15, -0.1) is 0 Å². The summed E-state index contributed by atoms with van der Waals surface area (Å²) in [7, 11) is 0. The van der Waals surface area contributed by atoms with E-state index in [2.05, 4.69) is 20.8 Å². The molecule has 0 saturated heterocycles. The summed E-state index contributed by atoms with van der Waals surface area (Å²) in [4.78, 5) is 38.2. The van der Waals surface area contributed by atoms with Crippen molar-refractivity contribution >= 4 is 17.9 Å². The maximum absolute atomic E-state index is 12.9. The van der Waals surface area contributed by atoms with Crippen LogP contribution in [-0.4, -0.2) is 37.2 Å². The quantitative estimate of drug-likeness (QED) is 0.0344. The van der Waals surface area contributed by atoms with Gasteiger partial charge in [0.05, 0.1) is 0 Å². The number of hydrogen-bond donors (Lipinski definition) is 0. The standard InChI is InChI=1S/C59H114O6/c1-4-7-10-13-16-19-22-25-28-30-32-35-38-41-44-47-50-53-59(62)65-56(54-63-57(60)51-48-45-42-39-36-33-27-24-21-18-15-12-9-6-3)55-64-58(61)52-49-46-43-40-37-34-31-29-26-23-20-17-14-11-8-5-2/h56H,4-55H2,1-3H3/t56-/m0/s1. The Morgan fingerprint density at radius 1 is 0.246 bits per heavy atom. The molecule has 0 aromatic heterocycles. The van der Waals surface area contributed by atoms with Crippen LogP contribution in [0.15, 0.2) is 0 Å². The Balaban J connectivity index is 4.29. The van der Waals surface area contributed by atoms with Gasteiger partial charge < -0.3 is 14.2 Å². The molecule has 0 unspecified atom stereocenters. The minimum atomic E-state index is -0.761. The normalized spacial score (nSPS) is 11.9. The third kappa shape index (κ3) is 53.2. The number of carbonyl (C=O) groups is 3. The topological polar surface area (TPSA) is 78.9 Å². The van der Waals surface area contributed by atoms with Crippen LogP contribution in [0.2, 0.25) is 0 Å². The number of rotatable bonds is 55. The number of hydrogen-bond acceptors (Lipinski definition) is 6. The lowest BCUT2D eigenvalue weighted by atomic mass is 10.0. The van der Waals surface area contributed by atoms with Gasteiger partial charge in [0, 0.05) is 19.3 Å². The third-order valence-corrected chi connectivity index (χ3v) is 13.6. The third-order valence-electron chi connectivity index (χ3n) is 13.6. The molecular formula is C59H114O6. The molecule has 0 heterocycles. The Labute approximate surface area is 406 Å². The first-order valence-electron chi connectivity index (χ1n) is 29.5. The second-order valence-corrected chi connectivity index (χ2v) is 20.3. The van der Waals surface area contributed by atoms with Gasteiger partial charge in [0.2, 0.25) is 0 Å². The molecule has 0 saturated carbocycles. The molecule has 0 fully saturated rings. The van der Waals surface area contributed by atoms with Crippen molar-refractivity contribution in [3.05, 3.63) is 0 Å². The molecule has 0 aliphatic carbocycles. The van der Waals surface area contributed by atoms with E-state index in [4.69, 9.17) is 14.2 Å². The lowest BCUT2D eigenvalue weighted by molar-refractivity contribution is -0.167. The van der Waals surface area contributed by atoms with E-state index >= 15 is 0 Å². The van der Waals surface area contributed by atoms with Crippen LogP contribution in [0.5, 0.6) is 0 Å². The molecular weight excluding hydrogens is 805 g/mol. The van der Waals surface area contributed by atoms with Crippen LogP contribution in [0.4, 0.5) is 0 Å². The fraction of sp³-hybridized carbons (Fsp3) is 0.949. The van der Waals surface area contributed by atoms with Crippen molar-refractivity contribution in [2.75, 3.05) is 13.2 Å². The minimum absolute atomic E-state index is 0.0609. The second-order valence-electron chi connectivity index (χ2n) is 20.3. The van der Waals surface area contributed by atoms with Crippen LogP contribution in [0, 0.1) is 0 Å². The molecule has 0 N–H and O–H groups in total. The van der Waals surface area contributed by atoms with Gasteiger partial charge >= 0.3 is 17.9 Å². The zero-order valence-corrected chi connectivity index (χ0v) is 44.3. The smallest absolute Gasteiger partial charge is 0.306 e. The summed E-state index contributed by atoms with van der Waals surface area (Å²) in [6, 6.07) is 0. The Morgan fingerprint density at radius 2 is 0.415 bits per heavy atom.